The number of hydrogen-bond acceptors (Lipinski definition) is 6. The van der Waals surface area contributed by atoms with Gasteiger partial charge in [0.15, 0.2) is 0 Å². The average molecular weight is 422 g/mol. The average Bonchev–Trinajstić information content (AvgIpc) is 3.19. The van der Waals surface area contributed by atoms with E-state index in [0.717, 1.165) is 47.7 Å². The minimum atomic E-state index is -0.119. The minimum Gasteiger partial charge on any atom is -0.337 e. The van der Waals surface area contributed by atoms with Crippen molar-refractivity contribution < 1.29 is 9.59 Å². The largest absolute Gasteiger partial charge is 0.337 e. The number of nitrogens with zero attached hydrogens (tertiary/aromatic N) is 4. The number of benzene rings is 1. The van der Waals surface area contributed by atoms with Crippen molar-refractivity contribution in [3.8, 4) is 11.3 Å². The molecular weight excluding hydrogens is 398 g/mol. The number of anilines is 1. The van der Waals surface area contributed by atoms with E-state index in [9.17, 15) is 9.59 Å². The van der Waals surface area contributed by atoms with Crippen molar-refractivity contribution in [1.82, 2.24) is 19.9 Å². The van der Waals surface area contributed by atoms with Gasteiger partial charge in [0.1, 0.15) is 4.88 Å². The van der Waals surface area contributed by atoms with E-state index >= 15 is 0 Å². The topological polar surface area (TPSA) is 88.1 Å². The Bertz CT molecular complexity index is 1080. The summed E-state index contributed by atoms with van der Waals surface area (Å²) in [6.07, 6.45) is 5.24. The molecule has 7 nitrogen and oxygen atoms in total. The molecule has 0 bridgehead atoms. The molecule has 1 unspecified atom stereocenters. The van der Waals surface area contributed by atoms with Crippen LogP contribution in [-0.2, 0) is 4.79 Å². The van der Waals surface area contributed by atoms with Crippen LogP contribution in [0.15, 0.2) is 42.2 Å². The summed E-state index contributed by atoms with van der Waals surface area (Å²) in [4.78, 5) is 40.5. The molecule has 3 aromatic rings. The Morgan fingerprint density at radius 2 is 2.03 bits per heavy atom. The molecule has 1 fully saturated rings. The second kappa shape index (κ2) is 8.71. The van der Waals surface area contributed by atoms with Crippen molar-refractivity contribution in [2.45, 2.75) is 32.6 Å². The van der Waals surface area contributed by atoms with E-state index in [1.807, 2.05) is 36.1 Å². The summed E-state index contributed by atoms with van der Waals surface area (Å²) in [5.41, 5.74) is 5.78. The van der Waals surface area contributed by atoms with E-state index in [0.29, 0.717) is 11.4 Å². The molecule has 4 rings (SSSR count). The fourth-order valence-electron chi connectivity index (χ4n) is 3.85. The first-order valence-electron chi connectivity index (χ1n) is 9.91. The Kier molecular flexibility index (Phi) is 5.85. The molecule has 8 heteroatoms. The number of rotatable bonds is 4. The van der Waals surface area contributed by atoms with Crippen LogP contribution in [0.4, 0.5) is 5.69 Å². The van der Waals surface area contributed by atoms with Crippen LogP contribution in [0.3, 0.4) is 0 Å². The minimum absolute atomic E-state index is 0.0396. The molecule has 1 atom stereocenters. The van der Waals surface area contributed by atoms with Gasteiger partial charge in [0.25, 0.3) is 5.91 Å². The Labute approximate surface area is 179 Å². The van der Waals surface area contributed by atoms with Crippen LogP contribution in [0.1, 0.15) is 46.7 Å². The second-order valence-corrected chi connectivity index (χ2v) is 8.26. The highest BCUT2D eigenvalue weighted by atomic mass is 32.1. The molecule has 1 saturated heterocycles. The van der Waals surface area contributed by atoms with Crippen molar-refractivity contribution >= 4 is 28.8 Å². The van der Waals surface area contributed by atoms with E-state index < -0.39 is 0 Å². The molecule has 30 heavy (non-hydrogen) atoms. The molecule has 2 aromatic heterocycles. The third-order valence-electron chi connectivity index (χ3n) is 5.22. The zero-order valence-electron chi connectivity index (χ0n) is 17.0. The quantitative estimate of drug-likeness (QED) is 0.691. The number of carbonyl (C=O) groups excluding carboxylic acids is 2. The molecule has 0 radical (unpaired) electrons. The Morgan fingerprint density at radius 1 is 1.20 bits per heavy atom. The SMILES string of the molecule is CC(=O)Nc1cccc(-c2nccnc2C2CCCN(C(=O)c3scnc3C)C2)c1. The van der Waals surface area contributed by atoms with Gasteiger partial charge in [-0.3, -0.25) is 19.6 Å². The molecule has 0 spiro atoms. The number of aromatic nitrogens is 3. The molecular formula is C22H23N5O2S. The predicted molar refractivity (Wildman–Crippen MR) is 117 cm³/mol. The number of amides is 2. The Hall–Kier alpha value is -3.13. The third-order valence-corrected chi connectivity index (χ3v) is 6.13. The van der Waals surface area contributed by atoms with Crippen molar-refractivity contribution in [3.63, 3.8) is 0 Å². The second-order valence-electron chi connectivity index (χ2n) is 7.41. The van der Waals surface area contributed by atoms with Gasteiger partial charge in [-0.25, -0.2) is 4.98 Å². The maximum Gasteiger partial charge on any atom is 0.265 e. The Balaban J connectivity index is 1.61. The number of thiazole rings is 1. The number of hydrogen-bond donors (Lipinski definition) is 1. The summed E-state index contributed by atoms with van der Waals surface area (Å²) in [5, 5.41) is 2.81. The van der Waals surface area contributed by atoms with E-state index in [2.05, 4.69) is 20.3 Å². The lowest BCUT2D eigenvalue weighted by Gasteiger charge is -2.33. The van der Waals surface area contributed by atoms with Crippen molar-refractivity contribution in [3.05, 3.63) is 58.4 Å². The van der Waals surface area contributed by atoms with Gasteiger partial charge in [-0.1, -0.05) is 12.1 Å². The van der Waals surface area contributed by atoms with Crippen LogP contribution >= 0.6 is 11.3 Å². The summed E-state index contributed by atoms with van der Waals surface area (Å²) in [6, 6.07) is 7.61. The van der Waals surface area contributed by atoms with E-state index in [-0.39, 0.29) is 17.7 Å². The first kappa shape index (κ1) is 20.2. The van der Waals surface area contributed by atoms with Crippen LogP contribution in [0.5, 0.6) is 0 Å². The zero-order valence-corrected chi connectivity index (χ0v) is 17.8. The summed E-state index contributed by atoms with van der Waals surface area (Å²) < 4.78 is 0. The van der Waals surface area contributed by atoms with Gasteiger partial charge < -0.3 is 10.2 Å². The predicted octanol–water partition coefficient (Wildman–Crippen LogP) is 3.89. The zero-order chi connectivity index (χ0) is 21.1. The smallest absolute Gasteiger partial charge is 0.265 e. The summed E-state index contributed by atoms with van der Waals surface area (Å²) >= 11 is 1.39. The fraction of sp³-hybridized carbons (Fsp3) is 0.318. The van der Waals surface area contributed by atoms with E-state index in [1.54, 1.807) is 17.9 Å². The van der Waals surface area contributed by atoms with Crippen LogP contribution in [0, 0.1) is 6.92 Å². The first-order chi connectivity index (χ1) is 14.5. The maximum absolute atomic E-state index is 13.0. The number of carbonyl (C=O) groups is 2. The lowest BCUT2D eigenvalue weighted by molar-refractivity contribution is -0.114. The van der Waals surface area contributed by atoms with E-state index in [1.165, 1.54) is 18.3 Å². The molecule has 1 aromatic carbocycles. The van der Waals surface area contributed by atoms with Crippen molar-refractivity contribution in [1.29, 1.82) is 0 Å². The summed E-state index contributed by atoms with van der Waals surface area (Å²) in [6.45, 7) is 4.69. The highest BCUT2D eigenvalue weighted by molar-refractivity contribution is 7.11. The van der Waals surface area contributed by atoms with Gasteiger partial charge in [0.2, 0.25) is 5.91 Å². The monoisotopic (exact) mass is 421 g/mol. The van der Waals surface area contributed by atoms with Crippen LogP contribution in [0.25, 0.3) is 11.3 Å². The number of nitrogens with one attached hydrogen (secondary N) is 1. The number of piperidine rings is 1. The van der Waals surface area contributed by atoms with Crippen LogP contribution < -0.4 is 5.32 Å². The fourth-order valence-corrected chi connectivity index (χ4v) is 4.62. The lowest BCUT2D eigenvalue weighted by Crippen LogP contribution is -2.39. The summed E-state index contributed by atoms with van der Waals surface area (Å²) in [5.74, 6) is 0.0214. The standard InChI is InChI=1S/C22H23N5O2S/c1-14-21(30-13-25-14)22(29)27-10-4-6-17(12-27)20-19(23-8-9-24-20)16-5-3-7-18(11-16)26-15(2)28/h3,5,7-9,11,13,17H,4,6,10,12H2,1-2H3,(H,26,28). The first-order valence-corrected chi connectivity index (χ1v) is 10.8. The van der Waals surface area contributed by atoms with Crippen LogP contribution in [-0.4, -0.2) is 44.8 Å². The highest BCUT2D eigenvalue weighted by Gasteiger charge is 2.29. The molecule has 3 heterocycles. The van der Waals surface area contributed by atoms with Gasteiger partial charge in [0, 0.05) is 49.6 Å². The number of likely N-dealkylation sites (tertiary alicyclic amines) is 1. The van der Waals surface area contributed by atoms with E-state index in [4.69, 9.17) is 0 Å². The molecule has 0 aliphatic carbocycles. The van der Waals surface area contributed by atoms with Crippen molar-refractivity contribution in [2.24, 2.45) is 0 Å². The molecule has 1 N–H and O–H groups in total. The van der Waals surface area contributed by atoms with Gasteiger partial charge >= 0.3 is 0 Å². The highest BCUT2D eigenvalue weighted by Crippen LogP contribution is 2.33. The van der Waals surface area contributed by atoms with Gasteiger partial charge in [-0.05, 0) is 31.9 Å². The van der Waals surface area contributed by atoms with Gasteiger partial charge in [-0.2, -0.15) is 0 Å². The maximum atomic E-state index is 13.0. The molecule has 1 aliphatic rings. The normalized spacial score (nSPS) is 16.3. The Morgan fingerprint density at radius 3 is 2.80 bits per heavy atom. The molecule has 0 saturated carbocycles. The third kappa shape index (κ3) is 4.23. The van der Waals surface area contributed by atoms with Gasteiger partial charge in [0.05, 0.1) is 22.6 Å². The molecule has 154 valence electrons. The molecule has 2 amide bonds. The lowest BCUT2D eigenvalue weighted by atomic mass is 9.91. The number of aryl methyl sites for hydroxylation is 1. The van der Waals surface area contributed by atoms with Crippen LogP contribution in [0.2, 0.25) is 0 Å². The van der Waals surface area contributed by atoms with Gasteiger partial charge in [-0.15, -0.1) is 11.3 Å². The van der Waals surface area contributed by atoms with Crippen molar-refractivity contribution in [2.75, 3.05) is 18.4 Å². The summed E-state index contributed by atoms with van der Waals surface area (Å²) in [7, 11) is 0. The molecule has 1 aliphatic heterocycles.